The van der Waals surface area contributed by atoms with E-state index in [1.807, 2.05) is 18.2 Å². The first-order valence-corrected chi connectivity index (χ1v) is 10.3. The van der Waals surface area contributed by atoms with Crippen molar-refractivity contribution < 1.29 is 4.74 Å². The molecule has 2 aromatic carbocycles. The Hall–Kier alpha value is -2.63. The molecule has 0 aliphatic carbocycles. The Morgan fingerprint density at radius 3 is 2.55 bits per heavy atom. The van der Waals surface area contributed by atoms with Crippen LogP contribution in [0.3, 0.4) is 0 Å². The van der Waals surface area contributed by atoms with E-state index in [9.17, 15) is 0 Å². The Bertz CT molecular complexity index is 963. The van der Waals surface area contributed by atoms with Crippen molar-refractivity contribution in [2.24, 2.45) is 0 Å². The van der Waals surface area contributed by atoms with Crippen LogP contribution in [0, 0.1) is 0 Å². The predicted molar refractivity (Wildman–Crippen MR) is 117 cm³/mol. The minimum atomic E-state index is 0.149. The number of anilines is 1. The quantitative estimate of drug-likeness (QED) is 0.598. The fraction of sp³-hybridized carbons (Fsp3) is 0.304. The van der Waals surface area contributed by atoms with Gasteiger partial charge in [0.2, 0.25) is 5.28 Å². The van der Waals surface area contributed by atoms with E-state index in [-0.39, 0.29) is 5.92 Å². The normalized spacial score (nSPS) is 16.3. The first-order chi connectivity index (χ1) is 14.2. The van der Waals surface area contributed by atoms with Crippen LogP contribution in [-0.4, -0.2) is 35.1 Å². The third kappa shape index (κ3) is 4.36. The Morgan fingerprint density at radius 1 is 1.10 bits per heavy atom. The van der Waals surface area contributed by atoms with E-state index in [1.54, 1.807) is 7.11 Å². The number of halogens is 1. The number of methoxy groups -OCH3 is 1. The van der Waals surface area contributed by atoms with E-state index in [0.717, 1.165) is 49.0 Å². The van der Waals surface area contributed by atoms with Crippen LogP contribution >= 0.6 is 11.6 Å². The van der Waals surface area contributed by atoms with Gasteiger partial charge in [0.25, 0.3) is 0 Å². The van der Waals surface area contributed by atoms with Crippen molar-refractivity contribution in [3.05, 3.63) is 82.3 Å². The number of aromatic nitrogens is 2. The van der Waals surface area contributed by atoms with Gasteiger partial charge in [0.15, 0.2) is 0 Å². The maximum absolute atomic E-state index is 6.28. The number of hydrogen-bond acceptors (Lipinski definition) is 5. The molecule has 1 N–H and O–H groups in total. The van der Waals surface area contributed by atoms with Gasteiger partial charge in [-0.2, -0.15) is 0 Å². The second-order valence-electron chi connectivity index (χ2n) is 7.22. The van der Waals surface area contributed by atoms with E-state index < -0.39 is 0 Å². The summed E-state index contributed by atoms with van der Waals surface area (Å²) >= 11 is 6.28. The minimum Gasteiger partial charge on any atom is -0.497 e. The second kappa shape index (κ2) is 8.80. The Balaban J connectivity index is 1.70. The molecule has 0 saturated heterocycles. The number of hydrogen-bond donors (Lipinski definition) is 1. The standard InChI is InChI=1S/C23H25ClN4O/c1-3-25-22-20-15-28(13-16-9-11-18(29-2)12-10-16)14-19(17-7-5-4-6-8-17)21(20)26-23(24)27-22/h4-12,19H,3,13-15H2,1-2H3,(H,25,26,27). The number of benzene rings is 2. The molecule has 1 aromatic heterocycles. The summed E-state index contributed by atoms with van der Waals surface area (Å²) in [5.74, 6) is 1.86. The molecule has 0 radical (unpaired) electrons. The molecule has 1 atom stereocenters. The molecule has 1 aliphatic heterocycles. The largest absolute Gasteiger partial charge is 0.497 e. The van der Waals surface area contributed by atoms with Gasteiger partial charge in [-0.25, -0.2) is 9.97 Å². The maximum atomic E-state index is 6.28. The summed E-state index contributed by atoms with van der Waals surface area (Å²) in [4.78, 5) is 11.6. The third-order valence-electron chi connectivity index (χ3n) is 5.28. The third-order valence-corrected chi connectivity index (χ3v) is 5.44. The lowest BCUT2D eigenvalue weighted by Gasteiger charge is -2.35. The summed E-state index contributed by atoms with van der Waals surface area (Å²) < 4.78 is 5.28. The molecular weight excluding hydrogens is 384 g/mol. The topological polar surface area (TPSA) is 50.3 Å². The highest BCUT2D eigenvalue weighted by atomic mass is 35.5. The first-order valence-electron chi connectivity index (χ1n) is 9.88. The van der Waals surface area contributed by atoms with Crippen LogP contribution in [-0.2, 0) is 13.1 Å². The average molecular weight is 409 g/mol. The molecule has 5 nitrogen and oxygen atoms in total. The summed E-state index contributed by atoms with van der Waals surface area (Å²) in [7, 11) is 1.69. The van der Waals surface area contributed by atoms with E-state index >= 15 is 0 Å². The van der Waals surface area contributed by atoms with Crippen molar-refractivity contribution >= 4 is 17.4 Å². The molecule has 1 aliphatic rings. The zero-order valence-corrected chi connectivity index (χ0v) is 17.5. The minimum absolute atomic E-state index is 0.149. The summed E-state index contributed by atoms with van der Waals surface area (Å²) in [6, 6.07) is 18.8. The van der Waals surface area contributed by atoms with Crippen molar-refractivity contribution in [2.45, 2.75) is 25.9 Å². The van der Waals surface area contributed by atoms with Gasteiger partial charge >= 0.3 is 0 Å². The van der Waals surface area contributed by atoms with Crippen LogP contribution in [0.2, 0.25) is 5.28 Å². The molecular formula is C23H25ClN4O. The summed E-state index contributed by atoms with van der Waals surface area (Å²) in [6.07, 6.45) is 0. The number of nitrogens with one attached hydrogen (secondary N) is 1. The second-order valence-corrected chi connectivity index (χ2v) is 7.55. The van der Waals surface area contributed by atoms with Crippen LogP contribution < -0.4 is 10.1 Å². The molecule has 150 valence electrons. The van der Waals surface area contributed by atoms with Gasteiger partial charge in [0.1, 0.15) is 11.6 Å². The zero-order chi connectivity index (χ0) is 20.2. The number of ether oxygens (including phenoxy) is 1. The zero-order valence-electron chi connectivity index (χ0n) is 16.7. The van der Waals surface area contributed by atoms with E-state index in [0.29, 0.717) is 5.28 Å². The molecule has 1 unspecified atom stereocenters. The average Bonchev–Trinajstić information content (AvgIpc) is 2.75. The summed E-state index contributed by atoms with van der Waals surface area (Å²) in [6.45, 7) is 5.36. The van der Waals surface area contributed by atoms with Crippen LogP contribution in [0.5, 0.6) is 5.75 Å². The molecule has 29 heavy (non-hydrogen) atoms. The van der Waals surface area contributed by atoms with Crippen LogP contribution in [0.25, 0.3) is 0 Å². The predicted octanol–water partition coefficient (Wildman–Crippen LogP) is 4.72. The summed E-state index contributed by atoms with van der Waals surface area (Å²) in [5.41, 5.74) is 4.65. The molecule has 0 spiro atoms. The lowest BCUT2D eigenvalue weighted by Crippen LogP contribution is -2.35. The molecule has 3 aromatic rings. The monoisotopic (exact) mass is 408 g/mol. The molecule has 6 heteroatoms. The number of rotatable bonds is 6. The van der Waals surface area contributed by atoms with Crippen molar-refractivity contribution in [2.75, 3.05) is 25.5 Å². The first kappa shape index (κ1) is 19.7. The highest BCUT2D eigenvalue weighted by molar-refractivity contribution is 6.28. The van der Waals surface area contributed by atoms with Crippen molar-refractivity contribution in [3.8, 4) is 5.75 Å². The smallest absolute Gasteiger partial charge is 0.224 e. The van der Waals surface area contributed by atoms with Gasteiger partial charge in [-0.1, -0.05) is 42.5 Å². The van der Waals surface area contributed by atoms with Gasteiger partial charge in [-0.3, -0.25) is 4.90 Å². The molecule has 0 bridgehead atoms. The van der Waals surface area contributed by atoms with Crippen LogP contribution in [0.15, 0.2) is 54.6 Å². The lowest BCUT2D eigenvalue weighted by molar-refractivity contribution is 0.229. The molecule has 0 fully saturated rings. The van der Waals surface area contributed by atoms with Crippen molar-refractivity contribution in [1.29, 1.82) is 0 Å². The number of fused-ring (bicyclic) bond motifs is 1. The van der Waals surface area contributed by atoms with E-state index in [1.165, 1.54) is 11.1 Å². The fourth-order valence-electron chi connectivity index (χ4n) is 3.92. The van der Waals surface area contributed by atoms with Gasteiger partial charge in [-0.15, -0.1) is 0 Å². The van der Waals surface area contributed by atoms with E-state index in [4.69, 9.17) is 16.3 Å². The van der Waals surface area contributed by atoms with Gasteiger partial charge < -0.3 is 10.1 Å². The fourth-order valence-corrected chi connectivity index (χ4v) is 4.10. The van der Waals surface area contributed by atoms with Crippen molar-refractivity contribution in [1.82, 2.24) is 14.9 Å². The highest BCUT2D eigenvalue weighted by Crippen LogP contribution is 2.36. The molecule has 4 rings (SSSR count). The van der Waals surface area contributed by atoms with Gasteiger partial charge in [-0.05, 0) is 41.8 Å². The molecule has 2 heterocycles. The van der Waals surface area contributed by atoms with Crippen molar-refractivity contribution in [3.63, 3.8) is 0 Å². The molecule has 0 amide bonds. The molecule has 0 saturated carbocycles. The Kier molecular flexibility index (Phi) is 5.97. The Morgan fingerprint density at radius 2 is 1.86 bits per heavy atom. The van der Waals surface area contributed by atoms with E-state index in [2.05, 4.69) is 63.5 Å². The van der Waals surface area contributed by atoms with Crippen LogP contribution in [0.1, 0.15) is 35.2 Å². The SMILES string of the molecule is CCNc1nc(Cl)nc2c1CN(Cc1ccc(OC)cc1)CC2c1ccccc1. The maximum Gasteiger partial charge on any atom is 0.224 e. The van der Waals surface area contributed by atoms with Gasteiger partial charge in [0, 0.05) is 37.7 Å². The lowest BCUT2D eigenvalue weighted by atomic mass is 9.88. The van der Waals surface area contributed by atoms with Crippen LogP contribution in [0.4, 0.5) is 5.82 Å². The number of nitrogens with zero attached hydrogens (tertiary/aromatic N) is 3. The highest BCUT2D eigenvalue weighted by Gasteiger charge is 2.31. The Labute approximate surface area is 176 Å². The summed E-state index contributed by atoms with van der Waals surface area (Å²) in [5, 5.41) is 3.66. The van der Waals surface area contributed by atoms with Gasteiger partial charge in [0.05, 0.1) is 12.8 Å².